The van der Waals surface area contributed by atoms with Crippen LogP contribution in [-0.4, -0.2) is 77.7 Å². The predicted molar refractivity (Wildman–Crippen MR) is 122 cm³/mol. The quantitative estimate of drug-likeness (QED) is 0.466. The van der Waals surface area contributed by atoms with E-state index in [4.69, 9.17) is 23.7 Å². The van der Waals surface area contributed by atoms with Crippen molar-refractivity contribution in [2.24, 2.45) is 0 Å². The molecule has 6 atom stereocenters. The van der Waals surface area contributed by atoms with Crippen molar-refractivity contribution < 1.29 is 48.9 Å². The third-order valence-electron chi connectivity index (χ3n) is 6.50. The van der Waals surface area contributed by atoms with E-state index in [0.717, 1.165) is 5.56 Å². The molecule has 0 spiro atoms. The van der Waals surface area contributed by atoms with E-state index in [0.29, 0.717) is 22.6 Å². The van der Waals surface area contributed by atoms with Crippen LogP contribution in [0.3, 0.4) is 0 Å². The Labute approximate surface area is 202 Å². The average Bonchev–Trinajstić information content (AvgIpc) is 2.86. The van der Waals surface area contributed by atoms with E-state index in [9.17, 15) is 25.2 Å². The minimum atomic E-state index is -1.64. The molecule has 0 amide bonds. The Morgan fingerprint density at radius 1 is 0.943 bits per heavy atom. The fourth-order valence-electron chi connectivity index (χ4n) is 4.56. The van der Waals surface area contributed by atoms with E-state index in [1.165, 1.54) is 7.11 Å². The number of carbonyl (C=O) groups excluding carboxylic acids is 1. The molecule has 10 nitrogen and oxygen atoms in total. The maximum absolute atomic E-state index is 13.4. The van der Waals surface area contributed by atoms with Crippen molar-refractivity contribution in [2.45, 2.75) is 57.1 Å². The lowest BCUT2D eigenvalue weighted by atomic mass is 9.91. The SMILES string of the molecule is COc1ccc(C2CC(=O)c3c(c(C)c(OC)c(C)c3OC3OC(CO)C(O)C(O)C3O)O2)cc1. The molecule has 0 saturated carbocycles. The second-order valence-electron chi connectivity index (χ2n) is 8.64. The highest BCUT2D eigenvalue weighted by atomic mass is 16.7. The van der Waals surface area contributed by atoms with E-state index in [2.05, 4.69) is 0 Å². The Hall–Kier alpha value is -2.89. The van der Waals surface area contributed by atoms with Crippen LogP contribution in [0.4, 0.5) is 0 Å². The van der Waals surface area contributed by atoms with Crippen molar-refractivity contribution in [3.05, 3.63) is 46.5 Å². The van der Waals surface area contributed by atoms with Crippen LogP contribution in [0.5, 0.6) is 23.0 Å². The van der Waals surface area contributed by atoms with Gasteiger partial charge in [0.15, 0.2) is 5.78 Å². The standard InChI is InChI=1S/C25H30O10/c1-11-22(32-4)12(2)24(35-25-21(30)20(29)19(28)17(10-26)34-25)18-15(27)9-16(33-23(11)18)13-5-7-14(31-3)8-6-13/h5-8,16-17,19-21,25-26,28-30H,9-10H2,1-4H3. The molecule has 190 valence electrons. The molecule has 1 saturated heterocycles. The van der Waals surface area contributed by atoms with Gasteiger partial charge in [-0.05, 0) is 31.5 Å². The average molecular weight is 491 g/mol. The minimum Gasteiger partial charge on any atom is -0.497 e. The molecule has 2 heterocycles. The first kappa shape index (κ1) is 25.2. The van der Waals surface area contributed by atoms with Gasteiger partial charge in [0, 0.05) is 11.1 Å². The largest absolute Gasteiger partial charge is 0.497 e. The highest BCUT2D eigenvalue weighted by Crippen LogP contribution is 2.48. The van der Waals surface area contributed by atoms with Gasteiger partial charge in [-0.1, -0.05) is 12.1 Å². The summed E-state index contributed by atoms with van der Waals surface area (Å²) < 4.78 is 28.5. The number of aliphatic hydroxyl groups is 4. The van der Waals surface area contributed by atoms with Crippen molar-refractivity contribution in [1.29, 1.82) is 0 Å². The molecule has 0 bridgehead atoms. The van der Waals surface area contributed by atoms with Gasteiger partial charge in [0.05, 0.1) is 27.2 Å². The lowest BCUT2D eigenvalue weighted by Crippen LogP contribution is -2.60. The topological polar surface area (TPSA) is 144 Å². The van der Waals surface area contributed by atoms with E-state index in [-0.39, 0.29) is 29.3 Å². The van der Waals surface area contributed by atoms with Gasteiger partial charge in [0.1, 0.15) is 59.1 Å². The van der Waals surface area contributed by atoms with Crippen LogP contribution in [0.2, 0.25) is 0 Å². The van der Waals surface area contributed by atoms with Crippen LogP contribution in [0.15, 0.2) is 24.3 Å². The van der Waals surface area contributed by atoms with Crippen molar-refractivity contribution in [3.63, 3.8) is 0 Å². The number of benzene rings is 2. The lowest BCUT2D eigenvalue weighted by molar-refractivity contribution is -0.277. The Morgan fingerprint density at radius 3 is 2.23 bits per heavy atom. The molecule has 0 aliphatic carbocycles. The van der Waals surface area contributed by atoms with Gasteiger partial charge in [-0.15, -0.1) is 0 Å². The highest BCUT2D eigenvalue weighted by molar-refractivity contribution is 6.04. The number of fused-ring (bicyclic) bond motifs is 1. The number of hydrogen-bond acceptors (Lipinski definition) is 10. The Morgan fingerprint density at radius 2 is 1.63 bits per heavy atom. The van der Waals surface area contributed by atoms with Crippen LogP contribution in [0.1, 0.15) is 39.6 Å². The predicted octanol–water partition coefficient (Wildman–Crippen LogP) is 1.21. The van der Waals surface area contributed by atoms with Crippen LogP contribution in [-0.2, 0) is 4.74 Å². The van der Waals surface area contributed by atoms with Crippen molar-refractivity contribution in [2.75, 3.05) is 20.8 Å². The lowest BCUT2D eigenvalue weighted by Gasteiger charge is -2.40. The van der Waals surface area contributed by atoms with Gasteiger partial charge < -0.3 is 44.1 Å². The molecule has 0 aromatic heterocycles. The molecule has 0 radical (unpaired) electrons. The first-order chi connectivity index (χ1) is 16.7. The molecule has 2 aliphatic rings. The molecule has 2 aromatic rings. The number of ketones is 1. The van der Waals surface area contributed by atoms with Crippen LogP contribution in [0, 0.1) is 13.8 Å². The zero-order valence-electron chi connectivity index (χ0n) is 19.9. The minimum absolute atomic E-state index is 0.0373. The maximum atomic E-state index is 13.4. The zero-order valence-corrected chi connectivity index (χ0v) is 19.9. The molecule has 2 aromatic carbocycles. The van der Waals surface area contributed by atoms with Crippen LogP contribution in [0.25, 0.3) is 0 Å². The van der Waals surface area contributed by atoms with Gasteiger partial charge in [0.25, 0.3) is 0 Å². The summed E-state index contributed by atoms with van der Waals surface area (Å²) in [6.45, 7) is 2.85. The normalized spacial score (nSPS) is 28.2. The number of carbonyl (C=O) groups is 1. The Bertz CT molecular complexity index is 1080. The third kappa shape index (κ3) is 4.43. The summed E-state index contributed by atoms with van der Waals surface area (Å²) in [6.07, 6.45) is -7.93. The van der Waals surface area contributed by atoms with Gasteiger partial charge in [-0.2, -0.15) is 0 Å². The summed E-state index contributed by atoms with van der Waals surface area (Å²) in [6, 6.07) is 7.23. The summed E-state index contributed by atoms with van der Waals surface area (Å²) in [5.41, 5.74) is 2.04. The summed E-state index contributed by atoms with van der Waals surface area (Å²) in [5.74, 6) is 1.21. The first-order valence-corrected chi connectivity index (χ1v) is 11.2. The molecular weight excluding hydrogens is 460 g/mol. The number of aliphatic hydroxyl groups excluding tert-OH is 4. The zero-order chi connectivity index (χ0) is 25.4. The molecule has 2 aliphatic heterocycles. The van der Waals surface area contributed by atoms with Crippen molar-refractivity contribution in [3.8, 4) is 23.0 Å². The fourth-order valence-corrected chi connectivity index (χ4v) is 4.56. The van der Waals surface area contributed by atoms with E-state index in [1.54, 1.807) is 33.1 Å². The number of ether oxygens (including phenoxy) is 5. The van der Waals surface area contributed by atoms with Gasteiger partial charge in [0.2, 0.25) is 6.29 Å². The second kappa shape index (κ2) is 10.00. The molecule has 4 N–H and O–H groups in total. The highest BCUT2D eigenvalue weighted by Gasteiger charge is 2.46. The fraction of sp³-hybridized carbons (Fsp3) is 0.480. The summed E-state index contributed by atoms with van der Waals surface area (Å²) in [5, 5.41) is 40.2. The number of methoxy groups -OCH3 is 2. The molecular formula is C25H30O10. The number of hydrogen-bond donors (Lipinski definition) is 4. The van der Waals surface area contributed by atoms with Gasteiger partial charge >= 0.3 is 0 Å². The van der Waals surface area contributed by atoms with E-state index >= 15 is 0 Å². The number of Topliss-reactive ketones (excluding diaryl/α,β-unsaturated/α-hetero) is 1. The van der Waals surface area contributed by atoms with Crippen LogP contribution < -0.4 is 18.9 Å². The molecule has 4 rings (SSSR count). The second-order valence-corrected chi connectivity index (χ2v) is 8.64. The third-order valence-corrected chi connectivity index (χ3v) is 6.50. The number of rotatable bonds is 6. The first-order valence-electron chi connectivity index (χ1n) is 11.2. The van der Waals surface area contributed by atoms with Gasteiger partial charge in [-0.25, -0.2) is 0 Å². The monoisotopic (exact) mass is 490 g/mol. The van der Waals surface area contributed by atoms with Crippen molar-refractivity contribution >= 4 is 5.78 Å². The molecule has 1 fully saturated rings. The summed E-state index contributed by atoms with van der Waals surface area (Å²) in [4.78, 5) is 13.4. The Kier molecular flexibility index (Phi) is 7.20. The molecule has 10 heteroatoms. The van der Waals surface area contributed by atoms with E-state index in [1.807, 2.05) is 12.1 Å². The Balaban J connectivity index is 1.74. The summed E-state index contributed by atoms with van der Waals surface area (Å²) in [7, 11) is 3.05. The molecule has 6 unspecified atom stereocenters. The maximum Gasteiger partial charge on any atom is 0.229 e. The van der Waals surface area contributed by atoms with Crippen molar-refractivity contribution in [1.82, 2.24) is 0 Å². The van der Waals surface area contributed by atoms with Gasteiger partial charge in [-0.3, -0.25) is 4.79 Å². The van der Waals surface area contributed by atoms with Crippen LogP contribution >= 0.6 is 0 Å². The summed E-state index contributed by atoms with van der Waals surface area (Å²) >= 11 is 0. The van der Waals surface area contributed by atoms with E-state index < -0.39 is 43.4 Å². The smallest absolute Gasteiger partial charge is 0.229 e. The molecule has 35 heavy (non-hydrogen) atoms.